The molecule has 0 aromatic heterocycles. The van der Waals surface area contributed by atoms with E-state index in [4.69, 9.17) is 24.7 Å². The lowest BCUT2D eigenvalue weighted by atomic mass is 9.93. The van der Waals surface area contributed by atoms with E-state index in [0.29, 0.717) is 62.3 Å². The van der Waals surface area contributed by atoms with Crippen LogP contribution in [0.2, 0.25) is 0 Å². The van der Waals surface area contributed by atoms with Crippen LogP contribution in [0, 0.1) is 5.92 Å². The number of rotatable bonds is 6. The van der Waals surface area contributed by atoms with Gasteiger partial charge in [-0.05, 0) is 19.0 Å². The van der Waals surface area contributed by atoms with E-state index in [0.717, 1.165) is 32.4 Å². The lowest BCUT2D eigenvalue weighted by Gasteiger charge is -2.36. The van der Waals surface area contributed by atoms with Crippen molar-refractivity contribution in [1.82, 2.24) is 10.2 Å². The second-order valence-corrected chi connectivity index (χ2v) is 8.03. The highest BCUT2D eigenvalue weighted by Gasteiger charge is 2.29. The third-order valence-electron chi connectivity index (χ3n) is 5.82. The van der Waals surface area contributed by atoms with E-state index in [1.54, 1.807) is 12.1 Å². The molecule has 2 saturated heterocycles. The van der Waals surface area contributed by atoms with Crippen molar-refractivity contribution in [2.45, 2.75) is 31.7 Å². The van der Waals surface area contributed by atoms with E-state index in [2.05, 4.69) is 10.2 Å². The molecule has 1 aromatic rings. The molecule has 0 bridgehead atoms. The topological polar surface area (TPSA) is 116 Å². The van der Waals surface area contributed by atoms with Crippen molar-refractivity contribution in [1.29, 1.82) is 0 Å². The minimum Gasteiger partial charge on any atom is -0.489 e. The zero-order valence-corrected chi connectivity index (χ0v) is 17.2. The van der Waals surface area contributed by atoms with Crippen LogP contribution in [0.5, 0.6) is 11.5 Å². The van der Waals surface area contributed by atoms with Gasteiger partial charge in [-0.1, -0.05) is 0 Å². The van der Waals surface area contributed by atoms with Crippen molar-refractivity contribution >= 4 is 11.6 Å². The fraction of sp³-hybridized carbons (Fsp3) is 0.667. The third kappa shape index (κ3) is 5.15. The average Bonchev–Trinajstić information content (AvgIpc) is 3.15. The smallest absolute Gasteiger partial charge is 0.255 e. The van der Waals surface area contributed by atoms with E-state index >= 15 is 0 Å². The Morgan fingerprint density at radius 3 is 2.80 bits per heavy atom. The molecule has 166 valence electrons. The third-order valence-corrected chi connectivity index (χ3v) is 5.82. The van der Waals surface area contributed by atoms with Crippen LogP contribution in [0.15, 0.2) is 12.1 Å². The van der Waals surface area contributed by atoms with Crippen LogP contribution in [0.3, 0.4) is 0 Å². The number of benzene rings is 1. The van der Waals surface area contributed by atoms with Crippen LogP contribution in [0.4, 0.5) is 5.69 Å². The number of hydrogen-bond donors (Lipinski definition) is 3. The molecule has 1 amide bonds. The van der Waals surface area contributed by atoms with Gasteiger partial charge in [-0.15, -0.1) is 0 Å². The Morgan fingerprint density at radius 2 is 2.00 bits per heavy atom. The number of nitrogens with two attached hydrogens (primary N) is 1. The molecule has 2 fully saturated rings. The van der Waals surface area contributed by atoms with Crippen molar-refractivity contribution in [3.63, 3.8) is 0 Å². The largest absolute Gasteiger partial charge is 0.489 e. The maximum absolute atomic E-state index is 12.8. The van der Waals surface area contributed by atoms with Gasteiger partial charge in [0.25, 0.3) is 5.91 Å². The fourth-order valence-corrected chi connectivity index (χ4v) is 4.13. The minimum absolute atomic E-state index is 0.000937. The Labute approximate surface area is 176 Å². The molecule has 1 unspecified atom stereocenters. The second kappa shape index (κ2) is 9.82. The first kappa shape index (κ1) is 21.2. The number of aliphatic hydroxyl groups excluding tert-OH is 1. The van der Waals surface area contributed by atoms with Crippen LogP contribution in [-0.4, -0.2) is 80.9 Å². The molecule has 3 heterocycles. The van der Waals surface area contributed by atoms with Gasteiger partial charge in [-0.2, -0.15) is 0 Å². The molecule has 30 heavy (non-hydrogen) atoms. The van der Waals surface area contributed by atoms with Gasteiger partial charge in [0, 0.05) is 50.1 Å². The van der Waals surface area contributed by atoms with E-state index in [1.807, 2.05) is 0 Å². The van der Waals surface area contributed by atoms with E-state index in [9.17, 15) is 9.90 Å². The maximum Gasteiger partial charge on any atom is 0.255 e. The Hall–Kier alpha value is -2.07. The summed E-state index contributed by atoms with van der Waals surface area (Å²) in [4.78, 5) is 15.0. The summed E-state index contributed by atoms with van der Waals surface area (Å²) < 4.78 is 22.3. The number of β-amino-alcohol motifs (C(OH)–C–C–N with tert-alkyl or cyclic N) is 1. The summed E-state index contributed by atoms with van der Waals surface area (Å²) in [7, 11) is 0. The van der Waals surface area contributed by atoms with Crippen LogP contribution >= 0.6 is 0 Å². The fourth-order valence-electron chi connectivity index (χ4n) is 4.13. The van der Waals surface area contributed by atoms with Crippen molar-refractivity contribution in [2.75, 3.05) is 58.3 Å². The summed E-state index contributed by atoms with van der Waals surface area (Å²) >= 11 is 0. The number of piperidine rings is 1. The summed E-state index contributed by atoms with van der Waals surface area (Å²) in [6.07, 6.45) is 1.74. The van der Waals surface area contributed by atoms with E-state index in [1.165, 1.54) is 0 Å². The van der Waals surface area contributed by atoms with Gasteiger partial charge in [0.15, 0.2) is 17.8 Å². The highest BCUT2D eigenvalue weighted by Crippen LogP contribution is 2.35. The molecular formula is C21H31N3O6. The van der Waals surface area contributed by atoms with Gasteiger partial charge >= 0.3 is 0 Å². The molecule has 2 atom stereocenters. The lowest BCUT2D eigenvalue weighted by Crippen LogP contribution is -2.48. The molecule has 0 radical (unpaired) electrons. The number of aliphatic hydroxyl groups is 1. The molecule has 3 aliphatic rings. The number of ether oxygens (including phenoxy) is 4. The number of carbonyl (C=O) groups excluding carboxylic acids is 1. The van der Waals surface area contributed by atoms with Gasteiger partial charge in [0.1, 0.15) is 0 Å². The molecule has 4 rings (SSSR count). The quantitative estimate of drug-likeness (QED) is 0.572. The molecule has 4 N–H and O–H groups in total. The van der Waals surface area contributed by atoms with Gasteiger partial charge < -0.3 is 40.0 Å². The first-order chi connectivity index (χ1) is 14.6. The Kier molecular flexibility index (Phi) is 6.93. The molecule has 3 aliphatic heterocycles. The average molecular weight is 421 g/mol. The zero-order chi connectivity index (χ0) is 20.9. The molecular weight excluding hydrogens is 390 g/mol. The molecule has 9 heteroatoms. The number of amides is 1. The van der Waals surface area contributed by atoms with Crippen molar-refractivity contribution in [3.05, 3.63) is 17.7 Å². The molecule has 9 nitrogen and oxygen atoms in total. The standard InChI is InChI=1S/C21H31N3O6/c22-15-10-16(20-18(11-15)27-6-1-7-30-20)21(26)23-12-14-2-4-24(13-17(14)25)5-3-19-28-8-9-29-19/h10-11,14,17,19,25H,1-9,12-13,22H2,(H,23,26)/t14-,17?/m0/s1. The predicted molar refractivity (Wildman–Crippen MR) is 110 cm³/mol. The zero-order valence-electron chi connectivity index (χ0n) is 17.2. The van der Waals surface area contributed by atoms with Gasteiger partial charge in [-0.3, -0.25) is 4.79 Å². The highest BCUT2D eigenvalue weighted by atomic mass is 16.7. The summed E-state index contributed by atoms with van der Waals surface area (Å²) in [5.41, 5.74) is 6.77. The number of nitrogens with zero attached hydrogens (tertiary/aromatic N) is 1. The van der Waals surface area contributed by atoms with E-state index in [-0.39, 0.29) is 18.1 Å². The van der Waals surface area contributed by atoms with Crippen molar-refractivity contribution in [2.24, 2.45) is 5.92 Å². The summed E-state index contributed by atoms with van der Waals surface area (Å²) in [5.74, 6) is 0.669. The van der Waals surface area contributed by atoms with Crippen LogP contribution < -0.4 is 20.5 Å². The summed E-state index contributed by atoms with van der Waals surface area (Å²) in [6, 6.07) is 3.29. The summed E-state index contributed by atoms with van der Waals surface area (Å²) in [5, 5.41) is 13.5. The lowest BCUT2D eigenvalue weighted by molar-refractivity contribution is -0.0576. The van der Waals surface area contributed by atoms with Gasteiger partial charge in [-0.25, -0.2) is 0 Å². The highest BCUT2D eigenvalue weighted by molar-refractivity contribution is 5.98. The van der Waals surface area contributed by atoms with Crippen LogP contribution in [0.25, 0.3) is 0 Å². The number of fused-ring (bicyclic) bond motifs is 1. The number of likely N-dealkylation sites (tertiary alicyclic amines) is 1. The number of anilines is 1. The number of hydrogen-bond acceptors (Lipinski definition) is 8. The van der Waals surface area contributed by atoms with Crippen LogP contribution in [-0.2, 0) is 9.47 Å². The number of nitrogens with one attached hydrogen (secondary N) is 1. The Bertz CT molecular complexity index is 740. The number of nitrogen functional groups attached to an aromatic ring is 1. The van der Waals surface area contributed by atoms with Gasteiger partial charge in [0.05, 0.1) is 38.1 Å². The van der Waals surface area contributed by atoms with Gasteiger partial charge in [0.2, 0.25) is 0 Å². The van der Waals surface area contributed by atoms with Crippen molar-refractivity contribution < 1.29 is 28.8 Å². The summed E-state index contributed by atoms with van der Waals surface area (Å²) in [6.45, 7) is 5.01. The molecule has 0 spiro atoms. The first-order valence-corrected chi connectivity index (χ1v) is 10.7. The monoisotopic (exact) mass is 421 g/mol. The normalized spacial score (nSPS) is 25.1. The number of carbonyl (C=O) groups is 1. The molecule has 0 aliphatic carbocycles. The van der Waals surface area contributed by atoms with Crippen LogP contribution in [0.1, 0.15) is 29.6 Å². The SMILES string of the molecule is Nc1cc2c(c(C(=O)NC[C@@H]3CCN(CCC4OCCO4)CC3O)c1)OCCCO2. The maximum atomic E-state index is 12.8. The minimum atomic E-state index is -0.498. The Morgan fingerprint density at radius 1 is 1.20 bits per heavy atom. The Balaban J connectivity index is 1.29. The molecule has 0 saturated carbocycles. The van der Waals surface area contributed by atoms with E-state index < -0.39 is 6.10 Å². The second-order valence-electron chi connectivity index (χ2n) is 8.03. The first-order valence-electron chi connectivity index (χ1n) is 10.7. The predicted octanol–water partition coefficient (Wildman–Crippen LogP) is 0.606. The molecule has 1 aromatic carbocycles. The van der Waals surface area contributed by atoms with Crippen molar-refractivity contribution in [3.8, 4) is 11.5 Å².